The standard InChI is InChI=1S/C30H52/c1-19(2)22-9-10-23-24-11-12-25-26-21(4)20(3)13-14-27(26,5)15-17-30(25,8)29(24,7)18-16-28(22,23)6/h19-26H,9-18H2,1-8H3/t20-,21+,22-,23+,24-,25-,26+,27-,28-,29-,30-/m1/s1. The minimum absolute atomic E-state index is 0.586. The Hall–Kier alpha value is 0. The third kappa shape index (κ3) is 2.58. The Bertz CT molecular complexity index is 678. The molecular formula is C30H52. The van der Waals surface area contributed by atoms with Crippen molar-refractivity contribution >= 4 is 0 Å². The molecule has 0 aliphatic heterocycles. The Kier molecular flexibility index (Phi) is 4.92. The first-order valence-electron chi connectivity index (χ1n) is 14.0. The first kappa shape index (κ1) is 21.8. The van der Waals surface area contributed by atoms with E-state index in [0.717, 1.165) is 47.3 Å². The highest BCUT2D eigenvalue weighted by Gasteiger charge is 2.68. The van der Waals surface area contributed by atoms with Crippen molar-refractivity contribution in [3.8, 4) is 0 Å². The van der Waals surface area contributed by atoms with Crippen molar-refractivity contribution in [2.24, 2.45) is 69.0 Å². The molecule has 172 valence electrons. The van der Waals surface area contributed by atoms with Crippen LogP contribution in [0.1, 0.15) is 120 Å². The average Bonchev–Trinajstić information content (AvgIpc) is 3.04. The van der Waals surface area contributed by atoms with E-state index in [1.54, 1.807) is 12.8 Å². The van der Waals surface area contributed by atoms with Crippen LogP contribution in [0.15, 0.2) is 0 Å². The fraction of sp³-hybridized carbons (Fsp3) is 1.00. The van der Waals surface area contributed by atoms with Crippen LogP contribution < -0.4 is 0 Å². The molecule has 0 N–H and O–H groups in total. The van der Waals surface area contributed by atoms with Crippen molar-refractivity contribution in [1.29, 1.82) is 0 Å². The zero-order valence-electron chi connectivity index (χ0n) is 21.7. The molecule has 30 heavy (non-hydrogen) atoms. The Balaban J connectivity index is 1.50. The van der Waals surface area contributed by atoms with Gasteiger partial charge in [-0.2, -0.15) is 0 Å². The maximum atomic E-state index is 2.81. The summed E-state index contributed by atoms with van der Waals surface area (Å²) in [5, 5.41) is 0. The third-order valence-corrected chi connectivity index (χ3v) is 13.8. The lowest BCUT2D eigenvalue weighted by atomic mass is 9.34. The van der Waals surface area contributed by atoms with Gasteiger partial charge in [0.1, 0.15) is 0 Å². The minimum atomic E-state index is 0.586. The molecule has 11 atom stereocenters. The van der Waals surface area contributed by atoms with E-state index in [9.17, 15) is 0 Å². The van der Waals surface area contributed by atoms with Gasteiger partial charge in [-0.1, -0.05) is 55.4 Å². The Morgan fingerprint density at radius 2 is 1.23 bits per heavy atom. The van der Waals surface area contributed by atoms with Crippen LogP contribution in [0.25, 0.3) is 0 Å². The van der Waals surface area contributed by atoms with E-state index in [1.165, 1.54) is 51.4 Å². The molecule has 0 bridgehead atoms. The molecular weight excluding hydrogens is 360 g/mol. The first-order chi connectivity index (χ1) is 14.0. The summed E-state index contributed by atoms with van der Waals surface area (Å²) in [4.78, 5) is 0. The maximum absolute atomic E-state index is 2.81. The molecule has 5 fully saturated rings. The van der Waals surface area contributed by atoms with E-state index < -0.39 is 0 Å². The highest BCUT2D eigenvalue weighted by molar-refractivity contribution is 5.17. The van der Waals surface area contributed by atoms with Gasteiger partial charge < -0.3 is 0 Å². The first-order valence-corrected chi connectivity index (χ1v) is 14.0. The SMILES string of the molecule is CC(C)[C@H]1CC[C@H]2[C@H]3CC[C@@H]4[C@@H]5[C@@H](C)[C@H](C)CC[C@]5(C)CC[C@@]4(C)[C@]3(C)CC[C@]12C. The van der Waals surface area contributed by atoms with Gasteiger partial charge in [-0.15, -0.1) is 0 Å². The summed E-state index contributed by atoms with van der Waals surface area (Å²) in [5.74, 6) is 7.70. The van der Waals surface area contributed by atoms with Crippen molar-refractivity contribution in [3.05, 3.63) is 0 Å². The van der Waals surface area contributed by atoms with Gasteiger partial charge in [-0.3, -0.25) is 0 Å². The predicted molar refractivity (Wildman–Crippen MR) is 129 cm³/mol. The van der Waals surface area contributed by atoms with Crippen LogP contribution in [0.4, 0.5) is 0 Å². The number of rotatable bonds is 1. The summed E-state index contributed by atoms with van der Waals surface area (Å²) >= 11 is 0. The van der Waals surface area contributed by atoms with Gasteiger partial charge in [0.25, 0.3) is 0 Å². The second kappa shape index (κ2) is 6.76. The van der Waals surface area contributed by atoms with Crippen LogP contribution >= 0.6 is 0 Å². The molecule has 0 unspecified atom stereocenters. The van der Waals surface area contributed by atoms with Gasteiger partial charge in [0.15, 0.2) is 0 Å². The van der Waals surface area contributed by atoms with Crippen LogP contribution in [-0.2, 0) is 0 Å². The molecule has 0 aromatic carbocycles. The molecule has 0 aromatic heterocycles. The lowest BCUT2D eigenvalue weighted by molar-refractivity contribution is -0.224. The molecule has 0 heterocycles. The summed E-state index contributed by atoms with van der Waals surface area (Å²) in [6.45, 7) is 21.3. The van der Waals surface area contributed by atoms with Crippen molar-refractivity contribution in [2.75, 3.05) is 0 Å². The number of hydrogen-bond acceptors (Lipinski definition) is 0. The van der Waals surface area contributed by atoms with Gasteiger partial charge in [0, 0.05) is 0 Å². The van der Waals surface area contributed by atoms with Gasteiger partial charge in [-0.25, -0.2) is 0 Å². The van der Waals surface area contributed by atoms with E-state index in [-0.39, 0.29) is 0 Å². The average molecular weight is 413 g/mol. The topological polar surface area (TPSA) is 0 Å². The molecule has 5 aliphatic rings. The highest BCUT2D eigenvalue weighted by atomic mass is 14.7. The van der Waals surface area contributed by atoms with E-state index in [2.05, 4.69) is 55.4 Å². The number of fused-ring (bicyclic) bond motifs is 7. The molecule has 0 aromatic rings. The zero-order chi connectivity index (χ0) is 21.7. The Morgan fingerprint density at radius 1 is 0.633 bits per heavy atom. The normalized spacial score (nSPS) is 60.5. The lowest BCUT2D eigenvalue weighted by Gasteiger charge is -2.71. The predicted octanol–water partition coefficient (Wildman–Crippen LogP) is 8.99. The maximum Gasteiger partial charge on any atom is -0.0238 e. The van der Waals surface area contributed by atoms with Crippen molar-refractivity contribution in [1.82, 2.24) is 0 Å². The van der Waals surface area contributed by atoms with E-state index in [4.69, 9.17) is 0 Å². The molecule has 0 heteroatoms. The molecule has 5 aliphatic carbocycles. The van der Waals surface area contributed by atoms with Gasteiger partial charge in [0.05, 0.1) is 0 Å². The quantitative estimate of drug-likeness (QED) is 0.403. The molecule has 0 saturated heterocycles. The third-order valence-electron chi connectivity index (χ3n) is 13.8. The molecule has 0 radical (unpaired) electrons. The van der Waals surface area contributed by atoms with Gasteiger partial charge in [-0.05, 0) is 133 Å². The summed E-state index contributed by atoms with van der Waals surface area (Å²) in [5.41, 5.74) is 2.45. The van der Waals surface area contributed by atoms with Gasteiger partial charge >= 0.3 is 0 Å². The van der Waals surface area contributed by atoms with E-state index in [0.29, 0.717) is 21.7 Å². The van der Waals surface area contributed by atoms with E-state index >= 15 is 0 Å². The second-order valence-corrected chi connectivity index (χ2v) is 14.7. The van der Waals surface area contributed by atoms with Crippen LogP contribution in [-0.4, -0.2) is 0 Å². The Labute approximate surface area is 188 Å². The zero-order valence-corrected chi connectivity index (χ0v) is 21.7. The minimum Gasteiger partial charge on any atom is -0.0625 e. The molecule has 0 nitrogen and oxygen atoms in total. The second-order valence-electron chi connectivity index (χ2n) is 14.7. The van der Waals surface area contributed by atoms with Crippen LogP contribution in [0.3, 0.4) is 0 Å². The van der Waals surface area contributed by atoms with Crippen LogP contribution in [0.5, 0.6) is 0 Å². The van der Waals surface area contributed by atoms with Crippen molar-refractivity contribution in [2.45, 2.75) is 120 Å². The summed E-state index contributed by atoms with van der Waals surface area (Å²) in [6.07, 6.45) is 15.2. The molecule has 0 amide bonds. The summed E-state index contributed by atoms with van der Waals surface area (Å²) in [6, 6.07) is 0. The number of hydrogen-bond donors (Lipinski definition) is 0. The summed E-state index contributed by atoms with van der Waals surface area (Å²) < 4.78 is 0. The highest BCUT2D eigenvalue weighted by Crippen LogP contribution is 2.76. The fourth-order valence-corrected chi connectivity index (χ4v) is 11.6. The van der Waals surface area contributed by atoms with Crippen LogP contribution in [0, 0.1) is 69.0 Å². The largest absolute Gasteiger partial charge is 0.0625 e. The van der Waals surface area contributed by atoms with Crippen molar-refractivity contribution < 1.29 is 0 Å². The molecule has 5 rings (SSSR count). The monoisotopic (exact) mass is 412 g/mol. The molecule has 5 saturated carbocycles. The summed E-state index contributed by atoms with van der Waals surface area (Å²) in [7, 11) is 0. The van der Waals surface area contributed by atoms with Gasteiger partial charge in [0.2, 0.25) is 0 Å². The fourth-order valence-electron chi connectivity index (χ4n) is 11.6. The van der Waals surface area contributed by atoms with Crippen LogP contribution in [0.2, 0.25) is 0 Å². The lowest BCUT2D eigenvalue weighted by Crippen LogP contribution is -2.64. The van der Waals surface area contributed by atoms with Crippen molar-refractivity contribution in [3.63, 3.8) is 0 Å². The van der Waals surface area contributed by atoms with E-state index in [1.807, 2.05) is 0 Å². The smallest absolute Gasteiger partial charge is 0.0238 e. The molecule has 0 spiro atoms. The Morgan fingerprint density at radius 3 is 1.93 bits per heavy atom.